The summed E-state index contributed by atoms with van der Waals surface area (Å²) in [7, 11) is 3.47. The molecule has 0 atom stereocenters. The molecule has 0 bridgehead atoms. The number of halogens is 1. The van der Waals surface area contributed by atoms with Crippen molar-refractivity contribution >= 4 is 17.7 Å². The van der Waals surface area contributed by atoms with Crippen molar-refractivity contribution in [2.45, 2.75) is 12.8 Å². The van der Waals surface area contributed by atoms with E-state index in [1.54, 1.807) is 13.1 Å². The fourth-order valence-electron chi connectivity index (χ4n) is 2.08. The molecule has 0 unspecified atom stereocenters. The second-order valence-electron chi connectivity index (χ2n) is 4.79. The van der Waals surface area contributed by atoms with Crippen molar-refractivity contribution in [2.24, 2.45) is 0 Å². The van der Waals surface area contributed by atoms with Gasteiger partial charge in [-0.1, -0.05) is 0 Å². The van der Waals surface area contributed by atoms with Crippen LogP contribution in [0.25, 0.3) is 0 Å². The summed E-state index contributed by atoms with van der Waals surface area (Å²) < 4.78 is 12.1. The van der Waals surface area contributed by atoms with E-state index in [0.29, 0.717) is 43.5 Å². The van der Waals surface area contributed by atoms with E-state index in [1.165, 1.54) is 6.07 Å². The van der Waals surface area contributed by atoms with Crippen molar-refractivity contribution in [3.63, 3.8) is 0 Å². The van der Waals surface area contributed by atoms with Crippen molar-refractivity contribution in [3.05, 3.63) is 33.4 Å². The van der Waals surface area contributed by atoms with Crippen molar-refractivity contribution in [1.82, 2.24) is 4.90 Å². The van der Waals surface area contributed by atoms with Gasteiger partial charge in [-0.05, 0) is 31.5 Å². The molecule has 0 fully saturated rings. The minimum Gasteiger partial charge on any atom is -0.383 e. The Bertz CT molecular complexity index is 508. The summed E-state index contributed by atoms with van der Waals surface area (Å²) in [6, 6.07) is 2.92. The fraction of sp³-hybridized carbons (Fsp3) is 0.500. The Morgan fingerprint density at radius 2 is 2.14 bits per heavy atom. The lowest BCUT2D eigenvalue weighted by molar-refractivity contribution is -0.384. The summed E-state index contributed by atoms with van der Waals surface area (Å²) in [5.74, 6) is 0. The molecule has 21 heavy (non-hydrogen) atoms. The van der Waals surface area contributed by atoms with Crippen LogP contribution in [-0.4, -0.2) is 50.0 Å². The monoisotopic (exact) mass is 297 g/mol. The Hall–Kier alpha value is -2.02. The largest absolute Gasteiger partial charge is 0.383 e. The van der Waals surface area contributed by atoms with Crippen molar-refractivity contribution < 1.29 is 14.1 Å². The Balaban J connectivity index is 2.91. The van der Waals surface area contributed by atoms with E-state index >= 15 is 0 Å². The molecule has 116 valence electrons. The van der Waals surface area contributed by atoms with Crippen LogP contribution in [-0.2, 0) is 6.42 Å². The summed E-state index contributed by atoms with van der Waals surface area (Å²) in [6.45, 7) is 0.936. The highest BCUT2D eigenvalue weighted by Gasteiger charge is 2.17. The number of carbonyl (C=O) groups excluding carboxylic acids is 1. The molecular weight excluding hydrogens is 277 g/mol. The third-order valence-electron chi connectivity index (χ3n) is 3.29. The number of hydrogen-bond acceptors (Lipinski definition) is 5. The molecule has 1 aromatic rings. The minimum absolute atomic E-state index is 0.117. The lowest BCUT2D eigenvalue weighted by Gasteiger charge is -2.16. The van der Waals surface area contributed by atoms with Crippen LogP contribution in [0.4, 0.5) is 15.8 Å². The maximum Gasteiger partial charge on any atom is 0.293 e. The van der Waals surface area contributed by atoms with E-state index in [2.05, 4.69) is 5.32 Å². The maximum atomic E-state index is 12.1. The number of aldehydes is 1. The van der Waals surface area contributed by atoms with E-state index in [1.807, 2.05) is 11.9 Å². The lowest BCUT2D eigenvalue weighted by Crippen LogP contribution is -2.23. The summed E-state index contributed by atoms with van der Waals surface area (Å²) in [6.07, 6.45) is 1.67. The van der Waals surface area contributed by atoms with E-state index in [-0.39, 0.29) is 12.4 Å². The van der Waals surface area contributed by atoms with Gasteiger partial charge in [0.2, 0.25) is 0 Å². The molecule has 0 saturated carbocycles. The second kappa shape index (κ2) is 8.31. The van der Waals surface area contributed by atoms with Crippen LogP contribution in [0.1, 0.15) is 22.3 Å². The van der Waals surface area contributed by atoms with Gasteiger partial charge in [-0.15, -0.1) is 0 Å². The molecule has 0 aliphatic rings. The molecule has 0 amide bonds. The summed E-state index contributed by atoms with van der Waals surface area (Å²) in [5.41, 5.74) is 1.33. The van der Waals surface area contributed by atoms with Crippen molar-refractivity contribution in [1.29, 1.82) is 0 Å². The lowest BCUT2D eigenvalue weighted by atomic mass is 10.0. The SMILES string of the molecule is CNc1cc(CCN(C)CCCF)c(C=O)cc1[N+](=O)[O-]. The highest BCUT2D eigenvalue weighted by molar-refractivity contribution is 5.82. The molecule has 0 aliphatic carbocycles. The van der Waals surface area contributed by atoms with Gasteiger partial charge in [0.1, 0.15) is 5.69 Å². The summed E-state index contributed by atoms with van der Waals surface area (Å²) >= 11 is 0. The Kier molecular flexibility index (Phi) is 6.74. The number of rotatable bonds is 9. The van der Waals surface area contributed by atoms with Crippen LogP contribution in [0.2, 0.25) is 0 Å². The van der Waals surface area contributed by atoms with Gasteiger partial charge in [0.25, 0.3) is 5.69 Å². The van der Waals surface area contributed by atoms with Gasteiger partial charge in [-0.25, -0.2) is 0 Å². The number of nitrogens with zero attached hydrogens (tertiary/aromatic N) is 2. The molecule has 0 radical (unpaired) electrons. The van der Waals surface area contributed by atoms with Gasteiger partial charge < -0.3 is 10.2 Å². The first-order valence-corrected chi connectivity index (χ1v) is 6.72. The smallest absolute Gasteiger partial charge is 0.293 e. The van der Waals surface area contributed by atoms with Crippen molar-refractivity contribution in [2.75, 3.05) is 39.2 Å². The van der Waals surface area contributed by atoms with Crippen LogP contribution in [0, 0.1) is 10.1 Å². The number of nitrogens with one attached hydrogen (secondary N) is 1. The van der Waals surface area contributed by atoms with Gasteiger partial charge in [-0.2, -0.15) is 0 Å². The highest BCUT2D eigenvalue weighted by atomic mass is 19.1. The first kappa shape index (κ1) is 17.0. The fourth-order valence-corrected chi connectivity index (χ4v) is 2.08. The summed E-state index contributed by atoms with van der Waals surface area (Å²) in [4.78, 5) is 23.5. The molecule has 7 heteroatoms. The van der Waals surface area contributed by atoms with Gasteiger partial charge in [0, 0.05) is 31.8 Å². The average molecular weight is 297 g/mol. The first-order chi connectivity index (χ1) is 10.0. The summed E-state index contributed by atoms with van der Waals surface area (Å²) in [5, 5.41) is 13.7. The van der Waals surface area contributed by atoms with Crippen LogP contribution in [0.5, 0.6) is 0 Å². The number of nitro benzene ring substituents is 1. The number of anilines is 1. The van der Waals surface area contributed by atoms with Crippen molar-refractivity contribution in [3.8, 4) is 0 Å². The van der Waals surface area contributed by atoms with Crippen LogP contribution in [0.3, 0.4) is 0 Å². The Morgan fingerprint density at radius 3 is 2.67 bits per heavy atom. The van der Waals surface area contributed by atoms with Gasteiger partial charge in [-0.3, -0.25) is 19.3 Å². The predicted octanol–water partition coefficient (Wildman–Crippen LogP) is 2.28. The second-order valence-corrected chi connectivity index (χ2v) is 4.79. The van der Waals surface area contributed by atoms with E-state index < -0.39 is 4.92 Å². The number of hydrogen-bond donors (Lipinski definition) is 1. The predicted molar refractivity (Wildman–Crippen MR) is 79.8 cm³/mol. The number of alkyl halides is 1. The molecular formula is C14H20FN3O3. The zero-order valence-electron chi connectivity index (χ0n) is 12.3. The number of carbonyl (C=O) groups is 1. The zero-order chi connectivity index (χ0) is 15.8. The van der Waals surface area contributed by atoms with Gasteiger partial charge in [0.15, 0.2) is 6.29 Å². The molecule has 1 rings (SSSR count). The molecule has 6 nitrogen and oxygen atoms in total. The van der Waals surface area contributed by atoms with Crippen LogP contribution < -0.4 is 5.32 Å². The highest BCUT2D eigenvalue weighted by Crippen LogP contribution is 2.27. The zero-order valence-corrected chi connectivity index (χ0v) is 12.3. The first-order valence-electron chi connectivity index (χ1n) is 6.72. The molecule has 0 spiro atoms. The van der Waals surface area contributed by atoms with Gasteiger partial charge >= 0.3 is 0 Å². The minimum atomic E-state index is -0.518. The standard InChI is InChI=1S/C14H20FN3O3/c1-16-13-8-11(4-7-17(2)6-3-5-15)12(10-19)9-14(13)18(20)21/h8-10,16H,3-7H2,1-2H3. The third-order valence-corrected chi connectivity index (χ3v) is 3.29. The molecule has 0 aromatic heterocycles. The topological polar surface area (TPSA) is 75.5 Å². The van der Waals surface area contributed by atoms with E-state index in [4.69, 9.17) is 0 Å². The molecule has 1 aromatic carbocycles. The molecule has 1 N–H and O–H groups in total. The molecule has 0 saturated heterocycles. The number of nitro groups is 1. The molecule has 0 aliphatic heterocycles. The quantitative estimate of drug-likeness (QED) is 0.430. The van der Waals surface area contributed by atoms with E-state index in [0.717, 1.165) is 5.56 Å². The Labute approximate surface area is 123 Å². The van der Waals surface area contributed by atoms with Gasteiger partial charge in [0.05, 0.1) is 11.6 Å². The number of benzene rings is 1. The Morgan fingerprint density at radius 1 is 1.43 bits per heavy atom. The maximum absolute atomic E-state index is 12.1. The molecule has 0 heterocycles. The average Bonchev–Trinajstić information content (AvgIpc) is 2.49. The van der Waals surface area contributed by atoms with Crippen LogP contribution in [0.15, 0.2) is 12.1 Å². The number of likely N-dealkylation sites (N-methyl/N-ethyl adjacent to an activating group) is 1. The van der Waals surface area contributed by atoms with E-state index in [9.17, 15) is 19.3 Å². The van der Waals surface area contributed by atoms with Crippen LogP contribution >= 0.6 is 0 Å². The normalized spacial score (nSPS) is 10.7. The third kappa shape index (κ3) is 4.78.